The van der Waals surface area contributed by atoms with Crippen molar-refractivity contribution in [2.75, 3.05) is 19.0 Å². The van der Waals surface area contributed by atoms with E-state index < -0.39 is 54.5 Å². The summed E-state index contributed by atoms with van der Waals surface area (Å²) >= 11 is 6.27. The number of rotatable bonds is 5. The first-order valence-corrected chi connectivity index (χ1v) is 11.9. The van der Waals surface area contributed by atoms with Gasteiger partial charge in [-0.25, -0.2) is 27.9 Å². The van der Waals surface area contributed by atoms with Gasteiger partial charge in [0.05, 0.1) is 22.3 Å². The molecule has 4 rings (SSSR count). The molecule has 208 valence electrons. The van der Waals surface area contributed by atoms with Crippen LogP contribution in [0, 0.1) is 11.8 Å². The quantitative estimate of drug-likeness (QED) is 0.194. The molecule has 6 nitrogen and oxygen atoms in total. The van der Waals surface area contributed by atoms with Crippen LogP contribution in [0.3, 0.4) is 0 Å². The number of aromatic nitrogens is 2. The lowest BCUT2D eigenvalue weighted by Crippen LogP contribution is -2.35. The van der Waals surface area contributed by atoms with Crippen LogP contribution in [-0.4, -0.2) is 40.7 Å². The van der Waals surface area contributed by atoms with E-state index >= 15 is 0 Å². The van der Waals surface area contributed by atoms with Gasteiger partial charge in [-0.05, 0) is 42.7 Å². The molecule has 1 aliphatic rings. The van der Waals surface area contributed by atoms with E-state index in [-0.39, 0.29) is 46.1 Å². The fourth-order valence-corrected chi connectivity index (χ4v) is 4.55. The van der Waals surface area contributed by atoms with Crippen molar-refractivity contribution >= 4 is 23.3 Å². The molecule has 1 aliphatic carbocycles. The van der Waals surface area contributed by atoms with Gasteiger partial charge < -0.3 is 15.0 Å². The van der Waals surface area contributed by atoms with E-state index in [0.29, 0.717) is 0 Å². The number of hydrogen-bond acceptors (Lipinski definition) is 4. The molecule has 0 bridgehead atoms. The average Bonchev–Trinajstić information content (AvgIpc) is 3.00. The summed E-state index contributed by atoms with van der Waals surface area (Å²) in [6.07, 6.45) is -2.88. The number of urea groups is 1. The molecule has 3 aromatic rings. The molecule has 2 amide bonds. The van der Waals surface area contributed by atoms with E-state index in [9.17, 15) is 35.5 Å². The monoisotopic (exact) mass is 576 g/mol. The Morgan fingerprint density at radius 1 is 1.21 bits per heavy atom. The second-order valence-electron chi connectivity index (χ2n) is 8.82. The van der Waals surface area contributed by atoms with Crippen molar-refractivity contribution in [1.82, 2.24) is 14.9 Å². The number of hydrogen-bond donors (Lipinski definition) is 1. The van der Waals surface area contributed by atoms with Crippen molar-refractivity contribution in [2.24, 2.45) is 0 Å². The van der Waals surface area contributed by atoms with Crippen molar-refractivity contribution in [2.45, 2.75) is 37.4 Å². The van der Waals surface area contributed by atoms with E-state index in [1.54, 1.807) is 0 Å². The second-order valence-corrected chi connectivity index (χ2v) is 9.23. The van der Waals surface area contributed by atoms with Crippen LogP contribution >= 0.6 is 11.6 Å². The van der Waals surface area contributed by atoms with Crippen LogP contribution in [-0.2, 0) is 5.92 Å². The van der Waals surface area contributed by atoms with Crippen molar-refractivity contribution in [3.8, 4) is 17.0 Å². The highest BCUT2D eigenvalue weighted by Crippen LogP contribution is 2.44. The van der Waals surface area contributed by atoms with Gasteiger partial charge >= 0.3 is 12.2 Å². The summed E-state index contributed by atoms with van der Waals surface area (Å²) in [5, 5.41) is 2.32. The first-order chi connectivity index (χ1) is 18.3. The van der Waals surface area contributed by atoms with Crippen LogP contribution in [0.2, 0.25) is 5.02 Å². The molecule has 0 radical (unpaired) electrons. The van der Waals surface area contributed by atoms with E-state index in [4.69, 9.17) is 11.6 Å². The van der Waals surface area contributed by atoms with Gasteiger partial charge in [0.25, 0.3) is 5.92 Å². The molecule has 1 aromatic carbocycles. The highest BCUT2D eigenvalue weighted by molar-refractivity contribution is 6.33. The van der Waals surface area contributed by atoms with Gasteiger partial charge in [-0.1, -0.05) is 11.6 Å². The molecule has 0 fully saturated rings. The number of benzene rings is 1. The summed E-state index contributed by atoms with van der Waals surface area (Å²) in [6, 6.07) is 4.03. The molecule has 2 heterocycles. The normalized spacial score (nSPS) is 16.7. The van der Waals surface area contributed by atoms with Crippen LogP contribution in [0.5, 0.6) is 5.88 Å². The lowest BCUT2D eigenvalue weighted by atomic mass is 9.98. The number of ether oxygens (including phenoxy) is 1. The van der Waals surface area contributed by atoms with Gasteiger partial charge in [-0.3, -0.25) is 0 Å². The van der Waals surface area contributed by atoms with Crippen LogP contribution in [0.25, 0.3) is 11.1 Å². The molecule has 0 aliphatic heterocycles. The molecule has 1 N–H and O–H groups in total. The molecule has 14 heteroatoms. The number of nitrogens with one attached hydrogen (secondary N) is 1. The molecule has 39 heavy (non-hydrogen) atoms. The summed E-state index contributed by atoms with van der Waals surface area (Å²) in [6.45, 7) is -1.53. The van der Waals surface area contributed by atoms with Gasteiger partial charge in [0.15, 0.2) is 6.61 Å². The first kappa shape index (κ1) is 28.4. The Morgan fingerprint density at radius 3 is 2.62 bits per heavy atom. The molecule has 0 saturated heterocycles. The van der Waals surface area contributed by atoms with Crippen molar-refractivity contribution in [3.63, 3.8) is 0 Å². The Hall–Kier alpha value is -3.61. The lowest BCUT2D eigenvalue weighted by molar-refractivity contribution is -0.154. The lowest BCUT2D eigenvalue weighted by Gasteiger charge is -2.29. The third kappa shape index (κ3) is 6.35. The Labute approximate surface area is 222 Å². The average molecular weight is 577 g/mol. The maximum absolute atomic E-state index is 15.0. The zero-order valence-electron chi connectivity index (χ0n) is 20.1. The summed E-state index contributed by atoms with van der Waals surface area (Å²) in [4.78, 5) is 21.1. The standard InChI is InChI=1S/C25H20ClF7N4O2/c1-37(19-3-2-7-24(29,30)21-14(19)6-8-34-22(21)28)23(38)36-18-10-16(26)15(9-17(18)27)13-4-5-20(35-11-13)39-12-25(31,32)33/h4-6,8-11,19H,2-3,7,12H2,1H3,(H,36,38)/t19-/m0/s1. The third-order valence-electron chi connectivity index (χ3n) is 6.15. The van der Waals surface area contributed by atoms with Gasteiger partial charge in [0.1, 0.15) is 5.82 Å². The number of amides is 2. The van der Waals surface area contributed by atoms with Crippen molar-refractivity contribution in [1.29, 1.82) is 0 Å². The van der Waals surface area contributed by atoms with Crippen molar-refractivity contribution < 1.29 is 40.3 Å². The Morgan fingerprint density at radius 2 is 1.95 bits per heavy atom. The molecular formula is C25H20ClF7N4O2. The number of carbonyl (C=O) groups is 1. The van der Waals surface area contributed by atoms with Crippen LogP contribution < -0.4 is 10.1 Å². The van der Waals surface area contributed by atoms with Crippen LogP contribution in [0.4, 0.5) is 41.2 Å². The van der Waals surface area contributed by atoms with Crippen LogP contribution in [0.15, 0.2) is 42.7 Å². The summed E-state index contributed by atoms with van der Waals surface area (Å²) in [5.74, 6) is -5.99. The fraction of sp³-hybridized carbons (Fsp3) is 0.320. The number of pyridine rings is 2. The first-order valence-electron chi connectivity index (χ1n) is 11.5. The molecule has 0 unspecified atom stereocenters. The van der Waals surface area contributed by atoms with Gasteiger partial charge in [-0.15, -0.1) is 0 Å². The highest BCUT2D eigenvalue weighted by atomic mass is 35.5. The number of nitrogens with zero attached hydrogens (tertiary/aromatic N) is 3. The molecule has 1 atom stereocenters. The SMILES string of the molecule is CN(C(=O)Nc1cc(Cl)c(-c2ccc(OCC(F)(F)F)nc2)cc1F)[C@H]1CCCC(F)(F)c2c1ccnc2F. The molecule has 2 aromatic heterocycles. The Balaban J connectivity index is 1.53. The predicted octanol–water partition coefficient (Wildman–Crippen LogP) is 7.50. The van der Waals surface area contributed by atoms with Gasteiger partial charge in [0, 0.05) is 43.1 Å². The second kappa shape index (κ2) is 10.9. The van der Waals surface area contributed by atoms with Gasteiger partial charge in [0.2, 0.25) is 11.8 Å². The van der Waals surface area contributed by atoms with E-state index in [0.717, 1.165) is 35.5 Å². The summed E-state index contributed by atoms with van der Waals surface area (Å²) in [5.41, 5.74) is -0.877. The zero-order valence-corrected chi connectivity index (χ0v) is 20.9. The largest absolute Gasteiger partial charge is 0.468 e. The van der Waals surface area contributed by atoms with Gasteiger partial charge in [-0.2, -0.15) is 17.6 Å². The minimum atomic E-state index is -4.54. The Kier molecular flexibility index (Phi) is 7.92. The topological polar surface area (TPSA) is 67.4 Å². The predicted molar refractivity (Wildman–Crippen MR) is 128 cm³/mol. The number of fused-ring (bicyclic) bond motifs is 1. The van der Waals surface area contributed by atoms with E-state index in [1.807, 2.05) is 0 Å². The fourth-order valence-electron chi connectivity index (χ4n) is 4.28. The number of alkyl halides is 5. The smallest absolute Gasteiger partial charge is 0.422 e. The molecule has 0 spiro atoms. The third-order valence-corrected chi connectivity index (χ3v) is 6.46. The maximum Gasteiger partial charge on any atom is 0.422 e. The zero-order chi connectivity index (χ0) is 28.5. The molecular weight excluding hydrogens is 557 g/mol. The maximum atomic E-state index is 15.0. The Bertz CT molecular complexity index is 1370. The minimum Gasteiger partial charge on any atom is -0.468 e. The number of halogens is 8. The van der Waals surface area contributed by atoms with E-state index in [1.165, 1.54) is 19.2 Å². The highest BCUT2D eigenvalue weighted by Gasteiger charge is 2.42. The summed E-state index contributed by atoms with van der Waals surface area (Å²) < 4.78 is 99.8. The summed E-state index contributed by atoms with van der Waals surface area (Å²) in [7, 11) is 1.31. The molecule has 0 saturated carbocycles. The van der Waals surface area contributed by atoms with Crippen LogP contribution in [0.1, 0.15) is 36.4 Å². The minimum absolute atomic E-state index is 0.00758. The number of carbonyl (C=O) groups excluding carboxylic acids is 1. The van der Waals surface area contributed by atoms with E-state index in [2.05, 4.69) is 20.0 Å². The number of anilines is 1. The van der Waals surface area contributed by atoms with Crippen molar-refractivity contribution in [3.05, 3.63) is 70.6 Å².